The van der Waals surface area contributed by atoms with Crippen LogP contribution in [0.4, 0.5) is 5.69 Å². The summed E-state index contributed by atoms with van der Waals surface area (Å²) in [6.07, 6.45) is 5.12. The second-order valence-corrected chi connectivity index (χ2v) is 3.45. The first-order valence-electron chi connectivity index (χ1n) is 5.11. The van der Waals surface area contributed by atoms with E-state index in [9.17, 15) is 4.79 Å². The summed E-state index contributed by atoms with van der Waals surface area (Å²) < 4.78 is 0. The van der Waals surface area contributed by atoms with Gasteiger partial charge in [-0.3, -0.25) is 10.1 Å². The molecule has 1 rings (SSSR count). The molecule has 0 saturated carbocycles. The summed E-state index contributed by atoms with van der Waals surface area (Å²) in [7, 11) is 0. The molecule has 1 aromatic rings. The monoisotopic (exact) mass is 227 g/mol. The summed E-state index contributed by atoms with van der Waals surface area (Å²) in [5.74, 6) is 2.30. The van der Waals surface area contributed by atoms with E-state index in [-0.39, 0.29) is 5.91 Å². The molecule has 0 aromatic heterocycles. The van der Waals surface area contributed by atoms with E-state index in [1.54, 1.807) is 24.3 Å². The van der Waals surface area contributed by atoms with Crippen LogP contribution >= 0.6 is 0 Å². The van der Waals surface area contributed by atoms with Gasteiger partial charge in [-0.05, 0) is 17.7 Å². The van der Waals surface area contributed by atoms with E-state index in [2.05, 4.69) is 22.6 Å². The highest BCUT2D eigenvalue weighted by Gasteiger charge is 2.08. The van der Waals surface area contributed by atoms with Crippen LogP contribution in [-0.4, -0.2) is 12.5 Å². The summed E-state index contributed by atoms with van der Waals surface area (Å²) in [6.45, 7) is 1.78. The Labute approximate surface area is 101 Å². The number of carbonyl (C=O) groups is 1. The van der Waals surface area contributed by atoms with Gasteiger partial charge in [-0.15, -0.1) is 6.42 Å². The van der Waals surface area contributed by atoms with Crippen molar-refractivity contribution in [1.29, 1.82) is 5.26 Å². The van der Waals surface area contributed by atoms with Crippen LogP contribution in [0.15, 0.2) is 24.3 Å². The van der Waals surface area contributed by atoms with Gasteiger partial charge < -0.3 is 5.32 Å². The number of hydrogen-bond donors (Lipinski definition) is 2. The average molecular weight is 227 g/mol. The molecule has 17 heavy (non-hydrogen) atoms. The minimum absolute atomic E-state index is 0.125. The number of carbonyl (C=O) groups excluding carboxylic acids is 1. The van der Waals surface area contributed by atoms with Crippen LogP contribution in [0.1, 0.15) is 18.5 Å². The number of nitriles is 1. The number of rotatable bonds is 4. The lowest BCUT2D eigenvalue weighted by Gasteiger charge is -2.10. The zero-order chi connectivity index (χ0) is 12.7. The summed E-state index contributed by atoms with van der Waals surface area (Å²) in [5, 5.41) is 14.5. The molecular weight excluding hydrogens is 214 g/mol. The smallest absolute Gasteiger partial charge is 0.221 e. The van der Waals surface area contributed by atoms with E-state index in [1.165, 1.54) is 6.92 Å². The quantitative estimate of drug-likeness (QED) is 0.765. The second kappa shape index (κ2) is 6.32. The van der Waals surface area contributed by atoms with Crippen molar-refractivity contribution in [2.24, 2.45) is 0 Å². The van der Waals surface area contributed by atoms with Crippen molar-refractivity contribution in [3.63, 3.8) is 0 Å². The first-order valence-corrected chi connectivity index (χ1v) is 5.11. The molecule has 0 radical (unpaired) electrons. The Hall–Kier alpha value is -2.30. The van der Waals surface area contributed by atoms with Crippen LogP contribution in [0.3, 0.4) is 0 Å². The Morgan fingerprint density at radius 1 is 1.47 bits per heavy atom. The summed E-state index contributed by atoms with van der Waals surface area (Å²) in [6, 6.07) is 8.74. The van der Waals surface area contributed by atoms with Crippen LogP contribution in [0.25, 0.3) is 0 Å². The highest BCUT2D eigenvalue weighted by molar-refractivity contribution is 5.88. The number of hydrogen-bond acceptors (Lipinski definition) is 3. The molecule has 1 atom stereocenters. The van der Waals surface area contributed by atoms with E-state index < -0.39 is 6.04 Å². The lowest BCUT2D eigenvalue weighted by Crippen LogP contribution is -2.20. The van der Waals surface area contributed by atoms with Crippen LogP contribution in [0, 0.1) is 23.7 Å². The zero-order valence-corrected chi connectivity index (χ0v) is 9.53. The van der Waals surface area contributed by atoms with E-state index in [0.29, 0.717) is 12.2 Å². The highest BCUT2D eigenvalue weighted by Crippen LogP contribution is 2.15. The third-order valence-electron chi connectivity index (χ3n) is 2.10. The molecule has 0 heterocycles. The summed E-state index contributed by atoms with van der Waals surface area (Å²) in [5.41, 5.74) is 1.52. The van der Waals surface area contributed by atoms with Gasteiger partial charge in [-0.1, -0.05) is 18.1 Å². The number of benzene rings is 1. The van der Waals surface area contributed by atoms with Gasteiger partial charge in [0.2, 0.25) is 5.91 Å². The van der Waals surface area contributed by atoms with Gasteiger partial charge in [-0.2, -0.15) is 5.26 Å². The Bertz CT molecular complexity index is 465. The molecule has 4 nitrogen and oxygen atoms in total. The molecule has 86 valence electrons. The predicted octanol–water partition coefficient (Wildman–Crippen LogP) is 1.43. The number of terminal acetylenes is 1. The molecule has 0 aliphatic rings. The minimum atomic E-state index is -0.433. The first-order chi connectivity index (χ1) is 8.17. The van der Waals surface area contributed by atoms with Gasteiger partial charge in [-0.25, -0.2) is 0 Å². The highest BCUT2D eigenvalue weighted by atomic mass is 16.1. The van der Waals surface area contributed by atoms with Crippen molar-refractivity contribution in [2.45, 2.75) is 13.0 Å². The molecule has 0 saturated heterocycles. The fourth-order valence-corrected chi connectivity index (χ4v) is 1.36. The Morgan fingerprint density at radius 3 is 2.59 bits per heavy atom. The van der Waals surface area contributed by atoms with Gasteiger partial charge in [0, 0.05) is 12.6 Å². The molecule has 0 bridgehead atoms. The number of nitrogens with zero attached hydrogens (tertiary/aromatic N) is 1. The molecule has 0 fully saturated rings. The second-order valence-electron chi connectivity index (χ2n) is 3.45. The van der Waals surface area contributed by atoms with E-state index in [0.717, 1.165) is 5.56 Å². The normalized spacial score (nSPS) is 11.0. The van der Waals surface area contributed by atoms with E-state index >= 15 is 0 Å². The van der Waals surface area contributed by atoms with Gasteiger partial charge in [0.25, 0.3) is 0 Å². The van der Waals surface area contributed by atoms with Crippen molar-refractivity contribution < 1.29 is 4.79 Å². The molecule has 1 aromatic carbocycles. The number of amides is 1. The molecule has 1 amide bonds. The molecule has 0 aliphatic carbocycles. The van der Waals surface area contributed by atoms with E-state index in [1.807, 2.05) is 0 Å². The maximum atomic E-state index is 10.8. The van der Waals surface area contributed by atoms with Gasteiger partial charge in [0.05, 0.1) is 12.6 Å². The summed E-state index contributed by atoms with van der Waals surface area (Å²) in [4.78, 5) is 10.8. The predicted molar refractivity (Wildman–Crippen MR) is 65.9 cm³/mol. The topological polar surface area (TPSA) is 64.9 Å². The number of nitrogens with one attached hydrogen (secondary N) is 2. The maximum absolute atomic E-state index is 10.8. The van der Waals surface area contributed by atoms with Crippen molar-refractivity contribution >= 4 is 11.6 Å². The summed E-state index contributed by atoms with van der Waals surface area (Å²) >= 11 is 0. The zero-order valence-electron chi connectivity index (χ0n) is 9.53. The largest absolute Gasteiger partial charge is 0.326 e. The van der Waals surface area contributed by atoms with Crippen LogP contribution in [0.5, 0.6) is 0 Å². The third kappa shape index (κ3) is 3.98. The van der Waals surface area contributed by atoms with Crippen molar-refractivity contribution in [3.8, 4) is 18.4 Å². The first kappa shape index (κ1) is 12.8. The fraction of sp³-hybridized carbons (Fsp3) is 0.231. The average Bonchev–Trinajstić information content (AvgIpc) is 2.31. The SMILES string of the molecule is C#CCNC(C#N)c1ccc(NC(C)=O)cc1. The van der Waals surface area contributed by atoms with Gasteiger partial charge in [0.1, 0.15) is 6.04 Å². The fourth-order valence-electron chi connectivity index (χ4n) is 1.36. The van der Waals surface area contributed by atoms with Crippen LogP contribution < -0.4 is 10.6 Å². The van der Waals surface area contributed by atoms with Gasteiger partial charge >= 0.3 is 0 Å². The van der Waals surface area contributed by atoms with Crippen molar-refractivity contribution in [2.75, 3.05) is 11.9 Å². The van der Waals surface area contributed by atoms with Crippen LogP contribution in [-0.2, 0) is 4.79 Å². The van der Waals surface area contributed by atoms with Crippen LogP contribution in [0.2, 0.25) is 0 Å². The Morgan fingerprint density at radius 2 is 2.12 bits per heavy atom. The molecule has 0 aliphatic heterocycles. The Kier molecular flexibility index (Phi) is 4.75. The van der Waals surface area contributed by atoms with E-state index in [4.69, 9.17) is 11.7 Å². The molecule has 0 spiro atoms. The minimum Gasteiger partial charge on any atom is -0.326 e. The molecule has 1 unspecified atom stereocenters. The lowest BCUT2D eigenvalue weighted by molar-refractivity contribution is -0.114. The molecule has 2 N–H and O–H groups in total. The number of anilines is 1. The Balaban J connectivity index is 2.75. The van der Waals surface area contributed by atoms with Gasteiger partial charge in [0.15, 0.2) is 0 Å². The lowest BCUT2D eigenvalue weighted by atomic mass is 10.1. The van der Waals surface area contributed by atoms with Crippen molar-refractivity contribution in [3.05, 3.63) is 29.8 Å². The maximum Gasteiger partial charge on any atom is 0.221 e. The van der Waals surface area contributed by atoms with Crippen molar-refractivity contribution in [1.82, 2.24) is 5.32 Å². The molecule has 4 heteroatoms. The molecular formula is C13H13N3O. The third-order valence-corrected chi connectivity index (χ3v) is 2.10. The standard InChI is InChI=1S/C13H13N3O/c1-3-8-15-13(9-14)11-4-6-12(7-5-11)16-10(2)17/h1,4-7,13,15H,8H2,2H3,(H,16,17).